The van der Waals surface area contributed by atoms with Crippen molar-refractivity contribution >= 4 is 0 Å². The molecule has 4 N–H and O–H groups in total. The Balaban J connectivity index is 2.29. The van der Waals surface area contributed by atoms with Gasteiger partial charge in [0.2, 0.25) is 0 Å². The zero-order chi connectivity index (χ0) is 15.2. The Bertz CT molecular complexity index is 284. The Labute approximate surface area is 124 Å². The third kappa shape index (κ3) is 6.53. The normalized spacial score (nSPS) is 31.2. The number of nitrogens with one attached hydrogen (secondary N) is 1. The summed E-state index contributed by atoms with van der Waals surface area (Å²) in [7, 11) is 0. The van der Waals surface area contributed by atoms with Gasteiger partial charge in [-0.15, -0.1) is 0 Å². The van der Waals surface area contributed by atoms with Crippen LogP contribution >= 0.6 is 0 Å². The van der Waals surface area contributed by atoms with E-state index < -0.39 is 6.10 Å². The zero-order valence-corrected chi connectivity index (χ0v) is 13.7. The highest BCUT2D eigenvalue weighted by atomic mass is 16.5. The number of rotatable bonds is 8. The van der Waals surface area contributed by atoms with Crippen LogP contribution in [-0.4, -0.2) is 43.6 Å². The SMILES string of the molecule is CCCOCC(O)CNCC1(C)CC(N)CC(C)(C)C1. The summed E-state index contributed by atoms with van der Waals surface area (Å²) in [6, 6.07) is 0.295. The molecule has 1 saturated carbocycles. The molecule has 1 rings (SSSR count). The molecule has 20 heavy (non-hydrogen) atoms. The van der Waals surface area contributed by atoms with Crippen molar-refractivity contribution in [2.24, 2.45) is 16.6 Å². The second-order valence-electron chi connectivity index (χ2n) is 7.68. The number of nitrogens with two attached hydrogens (primary N) is 1. The summed E-state index contributed by atoms with van der Waals surface area (Å²) in [5.74, 6) is 0. The molecule has 3 atom stereocenters. The van der Waals surface area contributed by atoms with E-state index in [0.717, 1.165) is 32.4 Å². The van der Waals surface area contributed by atoms with Gasteiger partial charge in [0, 0.05) is 25.7 Å². The Hall–Kier alpha value is -0.160. The van der Waals surface area contributed by atoms with E-state index >= 15 is 0 Å². The minimum atomic E-state index is -0.421. The summed E-state index contributed by atoms with van der Waals surface area (Å²) in [6.07, 6.45) is 3.92. The molecule has 1 aliphatic rings. The van der Waals surface area contributed by atoms with Crippen LogP contribution in [0.2, 0.25) is 0 Å². The van der Waals surface area contributed by atoms with Gasteiger partial charge in [-0.2, -0.15) is 0 Å². The second-order valence-corrected chi connectivity index (χ2v) is 7.68. The average molecular weight is 286 g/mol. The molecule has 1 fully saturated rings. The monoisotopic (exact) mass is 286 g/mol. The van der Waals surface area contributed by atoms with E-state index in [9.17, 15) is 5.11 Å². The quantitative estimate of drug-likeness (QED) is 0.596. The Kier molecular flexibility index (Phi) is 6.92. The van der Waals surface area contributed by atoms with E-state index in [4.69, 9.17) is 10.5 Å². The minimum Gasteiger partial charge on any atom is -0.389 e. The summed E-state index contributed by atoms with van der Waals surface area (Å²) in [5.41, 5.74) is 6.75. The lowest BCUT2D eigenvalue weighted by Crippen LogP contribution is -2.47. The first-order valence-electron chi connectivity index (χ1n) is 7.98. The van der Waals surface area contributed by atoms with Crippen LogP contribution in [0.3, 0.4) is 0 Å². The van der Waals surface area contributed by atoms with E-state index in [2.05, 4.69) is 33.0 Å². The minimum absolute atomic E-state index is 0.227. The molecule has 0 heterocycles. The molecule has 3 unspecified atom stereocenters. The van der Waals surface area contributed by atoms with E-state index in [1.165, 1.54) is 6.42 Å². The Morgan fingerprint density at radius 1 is 1.35 bits per heavy atom. The van der Waals surface area contributed by atoms with Gasteiger partial charge in [0.1, 0.15) is 0 Å². The molecule has 0 amide bonds. The van der Waals surface area contributed by atoms with Crippen molar-refractivity contribution in [1.82, 2.24) is 5.32 Å². The van der Waals surface area contributed by atoms with Crippen LogP contribution in [0.5, 0.6) is 0 Å². The van der Waals surface area contributed by atoms with Gasteiger partial charge in [-0.1, -0.05) is 27.7 Å². The van der Waals surface area contributed by atoms with Crippen molar-refractivity contribution in [3.05, 3.63) is 0 Å². The highest BCUT2D eigenvalue weighted by molar-refractivity contribution is 4.94. The molecular formula is C16H34N2O2. The van der Waals surface area contributed by atoms with Crippen molar-refractivity contribution in [2.75, 3.05) is 26.3 Å². The van der Waals surface area contributed by atoms with Gasteiger partial charge in [-0.05, 0) is 36.5 Å². The molecule has 0 saturated heterocycles. The summed E-state index contributed by atoms with van der Waals surface area (Å²) in [6.45, 7) is 11.6. The van der Waals surface area contributed by atoms with E-state index in [-0.39, 0.29) is 5.41 Å². The maximum Gasteiger partial charge on any atom is 0.0897 e. The molecule has 4 nitrogen and oxygen atoms in total. The number of hydrogen-bond donors (Lipinski definition) is 3. The van der Waals surface area contributed by atoms with Crippen molar-refractivity contribution in [3.63, 3.8) is 0 Å². The maximum absolute atomic E-state index is 9.83. The highest BCUT2D eigenvalue weighted by Gasteiger charge is 2.39. The molecule has 0 spiro atoms. The molecule has 0 aliphatic heterocycles. The third-order valence-electron chi connectivity index (χ3n) is 4.07. The molecule has 0 aromatic heterocycles. The van der Waals surface area contributed by atoms with E-state index in [1.807, 2.05) is 0 Å². The van der Waals surface area contributed by atoms with E-state index in [1.54, 1.807) is 0 Å². The average Bonchev–Trinajstić information content (AvgIpc) is 2.25. The summed E-state index contributed by atoms with van der Waals surface area (Å²) in [4.78, 5) is 0. The first kappa shape index (κ1) is 17.9. The summed E-state index contributed by atoms with van der Waals surface area (Å²) in [5, 5.41) is 13.2. The highest BCUT2D eigenvalue weighted by Crippen LogP contribution is 2.45. The number of ether oxygens (including phenoxy) is 1. The van der Waals surface area contributed by atoms with Crippen LogP contribution < -0.4 is 11.1 Å². The lowest BCUT2D eigenvalue weighted by Gasteiger charge is -2.46. The topological polar surface area (TPSA) is 67.5 Å². The van der Waals surface area contributed by atoms with Crippen LogP contribution in [0.25, 0.3) is 0 Å². The number of hydrogen-bond acceptors (Lipinski definition) is 4. The van der Waals surface area contributed by atoms with Crippen LogP contribution in [-0.2, 0) is 4.74 Å². The largest absolute Gasteiger partial charge is 0.389 e. The summed E-state index contributed by atoms with van der Waals surface area (Å²) < 4.78 is 5.35. The molecular weight excluding hydrogens is 252 g/mol. The van der Waals surface area contributed by atoms with Gasteiger partial charge in [0.15, 0.2) is 0 Å². The standard InChI is InChI=1S/C16H34N2O2/c1-5-6-20-10-14(19)9-18-12-16(4)8-13(17)7-15(2,3)11-16/h13-14,18-19H,5-12,17H2,1-4H3. The van der Waals surface area contributed by atoms with Crippen LogP contribution in [0.4, 0.5) is 0 Å². The van der Waals surface area contributed by atoms with Crippen molar-refractivity contribution in [3.8, 4) is 0 Å². The smallest absolute Gasteiger partial charge is 0.0897 e. The molecule has 0 aromatic carbocycles. The van der Waals surface area contributed by atoms with Gasteiger partial charge < -0.3 is 20.9 Å². The molecule has 0 aromatic rings. The lowest BCUT2D eigenvalue weighted by molar-refractivity contribution is 0.0321. The predicted octanol–water partition coefficient (Wildman–Crippen LogP) is 1.91. The van der Waals surface area contributed by atoms with Gasteiger partial charge >= 0.3 is 0 Å². The molecule has 0 bridgehead atoms. The van der Waals surface area contributed by atoms with Gasteiger partial charge in [0.25, 0.3) is 0 Å². The predicted molar refractivity (Wildman–Crippen MR) is 83.7 cm³/mol. The first-order chi connectivity index (χ1) is 9.26. The molecule has 0 radical (unpaired) electrons. The van der Waals surface area contributed by atoms with Gasteiger partial charge in [0.05, 0.1) is 12.7 Å². The zero-order valence-electron chi connectivity index (χ0n) is 13.7. The van der Waals surface area contributed by atoms with Crippen molar-refractivity contribution < 1.29 is 9.84 Å². The number of aliphatic hydroxyl groups excluding tert-OH is 1. The lowest BCUT2D eigenvalue weighted by atomic mass is 9.63. The molecule has 4 heteroatoms. The van der Waals surface area contributed by atoms with Gasteiger partial charge in [-0.3, -0.25) is 0 Å². The Morgan fingerprint density at radius 3 is 2.65 bits per heavy atom. The maximum atomic E-state index is 9.83. The van der Waals surface area contributed by atoms with Crippen molar-refractivity contribution in [1.29, 1.82) is 0 Å². The van der Waals surface area contributed by atoms with Gasteiger partial charge in [-0.25, -0.2) is 0 Å². The summed E-state index contributed by atoms with van der Waals surface area (Å²) >= 11 is 0. The van der Waals surface area contributed by atoms with Crippen LogP contribution in [0.1, 0.15) is 53.4 Å². The van der Waals surface area contributed by atoms with E-state index in [0.29, 0.717) is 24.6 Å². The fraction of sp³-hybridized carbons (Fsp3) is 1.00. The fourth-order valence-corrected chi connectivity index (χ4v) is 3.81. The molecule has 1 aliphatic carbocycles. The first-order valence-corrected chi connectivity index (χ1v) is 7.98. The Morgan fingerprint density at radius 2 is 2.05 bits per heavy atom. The second kappa shape index (κ2) is 7.74. The number of aliphatic hydroxyl groups is 1. The van der Waals surface area contributed by atoms with Crippen LogP contribution in [0.15, 0.2) is 0 Å². The van der Waals surface area contributed by atoms with Crippen molar-refractivity contribution in [2.45, 2.75) is 65.5 Å². The fourth-order valence-electron chi connectivity index (χ4n) is 3.81. The molecule has 120 valence electrons. The van der Waals surface area contributed by atoms with Crippen LogP contribution in [0, 0.1) is 10.8 Å². The third-order valence-corrected chi connectivity index (χ3v) is 4.07.